The third kappa shape index (κ3) is 3.14. The van der Waals surface area contributed by atoms with E-state index in [1.807, 2.05) is 19.2 Å². The topological polar surface area (TPSA) is 22.1 Å². The lowest BCUT2D eigenvalue weighted by atomic mass is 10.2. The molecular formula is C9H13NO. The van der Waals surface area contributed by atoms with Gasteiger partial charge in [0.05, 0.1) is 6.61 Å². The third-order valence-corrected chi connectivity index (χ3v) is 1.46. The van der Waals surface area contributed by atoms with Crippen molar-refractivity contribution in [2.75, 3.05) is 13.2 Å². The predicted molar refractivity (Wildman–Crippen MR) is 44.4 cm³/mol. The average molecular weight is 151 g/mol. The van der Waals surface area contributed by atoms with E-state index in [9.17, 15) is 0 Å². The standard InChI is InChI=1S/C9H13NO/c1-2-11-7-5-9-4-3-6-10-8-9/h3-4,6,8H,2,5,7H2,1H3. The minimum Gasteiger partial charge on any atom is -0.381 e. The lowest BCUT2D eigenvalue weighted by Crippen LogP contribution is -1.97. The Hall–Kier alpha value is -0.890. The van der Waals surface area contributed by atoms with Crippen LogP contribution in [0.4, 0.5) is 0 Å². The summed E-state index contributed by atoms with van der Waals surface area (Å²) in [5.41, 5.74) is 1.24. The first-order chi connectivity index (χ1) is 5.43. The second kappa shape index (κ2) is 4.85. The molecule has 1 aromatic rings. The summed E-state index contributed by atoms with van der Waals surface area (Å²) in [6.45, 7) is 3.59. The van der Waals surface area contributed by atoms with Gasteiger partial charge in [0.1, 0.15) is 0 Å². The van der Waals surface area contributed by atoms with E-state index in [-0.39, 0.29) is 0 Å². The van der Waals surface area contributed by atoms with Crippen LogP contribution in [-0.4, -0.2) is 18.2 Å². The number of pyridine rings is 1. The number of hydrogen-bond acceptors (Lipinski definition) is 2. The number of aromatic nitrogens is 1. The van der Waals surface area contributed by atoms with Crippen LogP contribution in [0.15, 0.2) is 24.5 Å². The lowest BCUT2D eigenvalue weighted by molar-refractivity contribution is 0.151. The minimum atomic E-state index is 0.792. The van der Waals surface area contributed by atoms with Gasteiger partial charge in [-0.05, 0) is 25.0 Å². The molecule has 0 saturated heterocycles. The zero-order chi connectivity index (χ0) is 7.94. The van der Waals surface area contributed by atoms with Gasteiger partial charge < -0.3 is 4.74 Å². The highest BCUT2D eigenvalue weighted by molar-refractivity contribution is 5.08. The molecule has 11 heavy (non-hydrogen) atoms. The summed E-state index contributed by atoms with van der Waals surface area (Å²) < 4.78 is 5.21. The van der Waals surface area contributed by atoms with Gasteiger partial charge in [0.15, 0.2) is 0 Å². The Balaban J connectivity index is 2.28. The van der Waals surface area contributed by atoms with Gasteiger partial charge >= 0.3 is 0 Å². The second-order valence-corrected chi connectivity index (χ2v) is 2.31. The van der Waals surface area contributed by atoms with Gasteiger partial charge in [-0.1, -0.05) is 6.07 Å². The molecule has 0 aliphatic heterocycles. The summed E-state index contributed by atoms with van der Waals surface area (Å²) >= 11 is 0. The van der Waals surface area contributed by atoms with Crippen molar-refractivity contribution in [3.05, 3.63) is 30.1 Å². The van der Waals surface area contributed by atoms with Crippen LogP contribution in [0.5, 0.6) is 0 Å². The van der Waals surface area contributed by atoms with Crippen molar-refractivity contribution in [2.45, 2.75) is 13.3 Å². The maximum absolute atomic E-state index is 5.21. The maximum atomic E-state index is 5.21. The summed E-state index contributed by atoms with van der Waals surface area (Å²) in [6.07, 6.45) is 4.62. The summed E-state index contributed by atoms with van der Waals surface area (Å²) in [4.78, 5) is 4.01. The van der Waals surface area contributed by atoms with Crippen molar-refractivity contribution in [3.8, 4) is 0 Å². The molecule has 0 spiro atoms. The summed E-state index contributed by atoms with van der Waals surface area (Å²) in [5, 5.41) is 0. The molecule has 0 fully saturated rings. The fourth-order valence-corrected chi connectivity index (χ4v) is 0.880. The molecule has 0 N–H and O–H groups in total. The highest BCUT2D eigenvalue weighted by Gasteiger charge is 1.89. The molecule has 0 aliphatic carbocycles. The number of hydrogen-bond donors (Lipinski definition) is 0. The van der Waals surface area contributed by atoms with Crippen molar-refractivity contribution >= 4 is 0 Å². The van der Waals surface area contributed by atoms with Crippen LogP contribution in [-0.2, 0) is 11.2 Å². The predicted octanol–water partition coefficient (Wildman–Crippen LogP) is 1.66. The molecule has 0 aliphatic rings. The smallest absolute Gasteiger partial charge is 0.0506 e. The highest BCUT2D eigenvalue weighted by atomic mass is 16.5. The average Bonchev–Trinajstić information content (AvgIpc) is 2.07. The number of ether oxygens (including phenoxy) is 1. The van der Waals surface area contributed by atoms with E-state index >= 15 is 0 Å². The van der Waals surface area contributed by atoms with Gasteiger partial charge in [-0.15, -0.1) is 0 Å². The summed E-state index contributed by atoms with van der Waals surface area (Å²) in [5.74, 6) is 0. The van der Waals surface area contributed by atoms with Gasteiger partial charge in [0.25, 0.3) is 0 Å². The first kappa shape index (κ1) is 8.21. The van der Waals surface area contributed by atoms with E-state index in [1.54, 1.807) is 6.20 Å². The van der Waals surface area contributed by atoms with E-state index in [0.717, 1.165) is 19.6 Å². The van der Waals surface area contributed by atoms with Gasteiger partial charge in [-0.25, -0.2) is 0 Å². The monoisotopic (exact) mass is 151 g/mol. The fraction of sp³-hybridized carbons (Fsp3) is 0.444. The Morgan fingerprint density at radius 2 is 2.45 bits per heavy atom. The highest BCUT2D eigenvalue weighted by Crippen LogP contribution is 1.96. The lowest BCUT2D eigenvalue weighted by Gasteiger charge is -1.99. The van der Waals surface area contributed by atoms with Gasteiger partial charge in [-0.2, -0.15) is 0 Å². The first-order valence-electron chi connectivity index (χ1n) is 3.90. The third-order valence-electron chi connectivity index (χ3n) is 1.46. The zero-order valence-electron chi connectivity index (χ0n) is 6.79. The van der Waals surface area contributed by atoms with Crippen molar-refractivity contribution in [1.29, 1.82) is 0 Å². The summed E-state index contributed by atoms with van der Waals surface area (Å²) in [6, 6.07) is 4.01. The van der Waals surface area contributed by atoms with Gasteiger partial charge in [0.2, 0.25) is 0 Å². The van der Waals surface area contributed by atoms with E-state index in [0.29, 0.717) is 0 Å². The van der Waals surface area contributed by atoms with Crippen LogP contribution < -0.4 is 0 Å². The van der Waals surface area contributed by atoms with Crippen LogP contribution >= 0.6 is 0 Å². The van der Waals surface area contributed by atoms with E-state index < -0.39 is 0 Å². The first-order valence-corrected chi connectivity index (χ1v) is 3.90. The molecule has 0 amide bonds. The molecule has 1 rings (SSSR count). The second-order valence-electron chi connectivity index (χ2n) is 2.31. The number of rotatable bonds is 4. The molecule has 2 nitrogen and oxygen atoms in total. The normalized spacial score (nSPS) is 9.91. The molecule has 0 unspecified atom stereocenters. The molecule has 0 atom stereocenters. The van der Waals surface area contributed by atoms with Crippen LogP contribution in [0.2, 0.25) is 0 Å². The quantitative estimate of drug-likeness (QED) is 0.610. The van der Waals surface area contributed by atoms with Gasteiger partial charge in [0, 0.05) is 19.0 Å². The van der Waals surface area contributed by atoms with Crippen LogP contribution in [0.3, 0.4) is 0 Å². The zero-order valence-corrected chi connectivity index (χ0v) is 6.79. The molecule has 2 heteroatoms. The molecule has 60 valence electrons. The fourth-order valence-electron chi connectivity index (χ4n) is 0.880. The Kier molecular flexibility index (Phi) is 3.62. The van der Waals surface area contributed by atoms with Crippen LogP contribution in [0.1, 0.15) is 12.5 Å². The SMILES string of the molecule is CCOCCc1cccnc1. The molecular weight excluding hydrogens is 138 g/mol. The Morgan fingerprint density at radius 1 is 1.55 bits per heavy atom. The molecule has 0 aromatic carbocycles. The van der Waals surface area contributed by atoms with Crippen LogP contribution in [0, 0.1) is 0 Å². The van der Waals surface area contributed by atoms with Crippen molar-refractivity contribution in [1.82, 2.24) is 4.98 Å². The molecule has 0 radical (unpaired) electrons. The van der Waals surface area contributed by atoms with Crippen molar-refractivity contribution in [2.24, 2.45) is 0 Å². The molecule has 1 aromatic heterocycles. The van der Waals surface area contributed by atoms with Crippen molar-refractivity contribution < 1.29 is 4.74 Å². The Morgan fingerprint density at radius 3 is 3.09 bits per heavy atom. The Labute approximate surface area is 67.2 Å². The molecule has 1 heterocycles. The van der Waals surface area contributed by atoms with Crippen LogP contribution in [0.25, 0.3) is 0 Å². The maximum Gasteiger partial charge on any atom is 0.0506 e. The largest absolute Gasteiger partial charge is 0.381 e. The Bertz CT molecular complexity index is 186. The molecule has 0 saturated carbocycles. The van der Waals surface area contributed by atoms with Gasteiger partial charge in [-0.3, -0.25) is 4.98 Å². The summed E-state index contributed by atoms with van der Waals surface area (Å²) in [7, 11) is 0. The molecule has 0 bridgehead atoms. The van der Waals surface area contributed by atoms with E-state index in [2.05, 4.69) is 11.1 Å². The van der Waals surface area contributed by atoms with Crippen molar-refractivity contribution in [3.63, 3.8) is 0 Å². The minimum absolute atomic E-state index is 0.792. The van der Waals surface area contributed by atoms with E-state index in [1.165, 1.54) is 5.56 Å². The number of nitrogens with zero attached hydrogens (tertiary/aromatic N) is 1. The van der Waals surface area contributed by atoms with E-state index in [4.69, 9.17) is 4.74 Å².